The summed E-state index contributed by atoms with van der Waals surface area (Å²) in [6, 6.07) is 12.6. The van der Waals surface area contributed by atoms with Gasteiger partial charge in [0.15, 0.2) is 0 Å². The molecule has 0 radical (unpaired) electrons. The zero-order valence-electron chi connectivity index (χ0n) is 23.8. The minimum Gasteiger partial charge on any atom is -0.481 e. The molecule has 0 fully saturated rings. The summed E-state index contributed by atoms with van der Waals surface area (Å²) in [6.07, 6.45) is 1.21. The van der Waals surface area contributed by atoms with Crippen LogP contribution in [0.3, 0.4) is 0 Å². The lowest BCUT2D eigenvalue weighted by molar-refractivity contribution is -0.139. The van der Waals surface area contributed by atoms with Crippen LogP contribution in [0.5, 0.6) is 0 Å². The predicted octanol–water partition coefficient (Wildman–Crippen LogP) is 5.63. The highest BCUT2D eigenvalue weighted by Crippen LogP contribution is 2.43. The van der Waals surface area contributed by atoms with Crippen LogP contribution in [0.25, 0.3) is 28.3 Å². The summed E-state index contributed by atoms with van der Waals surface area (Å²) >= 11 is 0. The average molecular weight is 591 g/mol. The highest BCUT2D eigenvalue weighted by Gasteiger charge is 2.30. The zero-order chi connectivity index (χ0) is 31.3. The first-order valence-electron chi connectivity index (χ1n) is 13.6. The number of anilines is 1. The third-order valence-electron chi connectivity index (χ3n) is 6.66. The molecule has 0 saturated carbocycles. The number of aliphatic hydroxyl groups excluding tert-OH is 2. The summed E-state index contributed by atoms with van der Waals surface area (Å²) in [5, 5.41) is 32.4. The number of hydrogen-bond donors (Lipinski definition) is 4. The fourth-order valence-electron chi connectivity index (χ4n) is 4.85. The molecule has 2 aromatic carbocycles. The molecule has 0 saturated heterocycles. The van der Waals surface area contributed by atoms with Crippen LogP contribution < -0.4 is 5.32 Å². The number of halogens is 2. The molecule has 4 aromatic rings. The number of aliphatic hydroxyl groups is 2. The van der Waals surface area contributed by atoms with Crippen molar-refractivity contribution in [3.63, 3.8) is 0 Å². The summed E-state index contributed by atoms with van der Waals surface area (Å²) in [7, 11) is 0. The average Bonchev–Trinajstić information content (AvgIpc) is 3.28. The zero-order valence-corrected chi connectivity index (χ0v) is 23.8. The van der Waals surface area contributed by atoms with E-state index in [1.165, 1.54) is 48.7 Å². The Balaban J connectivity index is 1.98. The first-order valence-corrected chi connectivity index (χ1v) is 13.6. The van der Waals surface area contributed by atoms with Crippen LogP contribution in [-0.4, -0.2) is 53.9 Å². The predicted molar refractivity (Wildman–Crippen MR) is 158 cm³/mol. The lowest BCUT2D eigenvalue weighted by Gasteiger charge is -2.17. The number of nitrogens with one attached hydrogen (secondary N) is 1. The van der Waals surface area contributed by atoms with Crippen molar-refractivity contribution in [2.45, 2.75) is 51.9 Å². The van der Waals surface area contributed by atoms with Crippen LogP contribution in [0.2, 0.25) is 0 Å². The number of hydrogen-bond acceptors (Lipinski definition) is 6. The molecular formula is C32H32F2N4O5. The number of carbonyl (C=O) groups is 2. The molecule has 4 rings (SSSR count). The molecule has 1 amide bonds. The summed E-state index contributed by atoms with van der Waals surface area (Å²) in [5.41, 5.74) is 3.26. The van der Waals surface area contributed by atoms with Gasteiger partial charge in [0.05, 0.1) is 18.6 Å². The van der Waals surface area contributed by atoms with E-state index in [9.17, 15) is 28.6 Å². The topological polar surface area (TPSA) is 138 Å². The Hall–Kier alpha value is -4.74. The third kappa shape index (κ3) is 7.56. The van der Waals surface area contributed by atoms with E-state index >= 15 is 0 Å². The molecule has 11 heteroatoms. The fourth-order valence-corrected chi connectivity index (χ4v) is 4.85. The van der Waals surface area contributed by atoms with Crippen molar-refractivity contribution in [3.8, 4) is 22.3 Å². The number of amides is 1. The second-order valence-electron chi connectivity index (χ2n) is 10.4. The maximum Gasteiger partial charge on any atom is 0.305 e. The molecule has 4 N–H and O–H groups in total. The van der Waals surface area contributed by atoms with Crippen LogP contribution in [-0.2, 0) is 4.79 Å². The molecule has 9 nitrogen and oxygen atoms in total. The number of benzene rings is 2. The smallest absolute Gasteiger partial charge is 0.305 e. The SMILES string of the molecule is Cc1ccnc(NC(=O)c2c(-c3ccc(F)cc3)c(-c3ccc(F)cc3)c(/C=C/[C@@H](O)C[C@@H](O)CC(=O)O)n2C(C)C)n1. The lowest BCUT2D eigenvalue weighted by atomic mass is 9.94. The first-order chi connectivity index (χ1) is 20.4. The highest BCUT2D eigenvalue weighted by molar-refractivity contribution is 6.11. The quantitative estimate of drug-likeness (QED) is 0.178. The molecule has 0 aliphatic heterocycles. The summed E-state index contributed by atoms with van der Waals surface area (Å²) < 4.78 is 29.8. The number of aryl methyl sites for hydroxylation is 1. The maximum absolute atomic E-state index is 14.0. The van der Waals surface area contributed by atoms with Gasteiger partial charge in [-0.25, -0.2) is 18.7 Å². The van der Waals surface area contributed by atoms with Crippen molar-refractivity contribution in [3.05, 3.63) is 95.6 Å². The molecule has 0 bridgehead atoms. The van der Waals surface area contributed by atoms with Gasteiger partial charge in [0.1, 0.15) is 17.3 Å². The maximum atomic E-state index is 14.0. The number of carboxylic acids is 1. The Morgan fingerprint density at radius 3 is 2.07 bits per heavy atom. The van der Waals surface area contributed by atoms with E-state index in [1.54, 1.807) is 35.8 Å². The van der Waals surface area contributed by atoms with Gasteiger partial charge in [-0.15, -0.1) is 0 Å². The Morgan fingerprint density at radius 2 is 1.53 bits per heavy atom. The van der Waals surface area contributed by atoms with Gasteiger partial charge in [-0.1, -0.05) is 30.3 Å². The molecule has 0 aliphatic rings. The molecule has 2 atom stereocenters. The Bertz CT molecular complexity index is 1630. The summed E-state index contributed by atoms with van der Waals surface area (Å²) in [4.78, 5) is 33.4. The van der Waals surface area contributed by atoms with Crippen molar-refractivity contribution in [1.29, 1.82) is 0 Å². The molecule has 43 heavy (non-hydrogen) atoms. The van der Waals surface area contributed by atoms with Crippen molar-refractivity contribution in [2.75, 3.05) is 5.32 Å². The van der Waals surface area contributed by atoms with Gasteiger partial charge in [0.25, 0.3) is 5.91 Å². The molecular weight excluding hydrogens is 558 g/mol. The number of aliphatic carboxylic acids is 1. The minimum absolute atomic E-state index is 0.0785. The second-order valence-corrected chi connectivity index (χ2v) is 10.4. The van der Waals surface area contributed by atoms with Crippen LogP contribution >= 0.6 is 0 Å². The van der Waals surface area contributed by atoms with Crippen LogP contribution in [0, 0.1) is 18.6 Å². The van der Waals surface area contributed by atoms with E-state index < -0.39 is 42.1 Å². The number of carboxylic acid groups (broad SMARTS) is 1. The molecule has 224 valence electrons. The molecule has 2 heterocycles. The normalized spacial score (nSPS) is 12.9. The van der Waals surface area contributed by atoms with E-state index in [-0.39, 0.29) is 24.1 Å². The third-order valence-corrected chi connectivity index (χ3v) is 6.66. The lowest BCUT2D eigenvalue weighted by Crippen LogP contribution is -2.21. The van der Waals surface area contributed by atoms with Crippen molar-refractivity contribution in [1.82, 2.24) is 14.5 Å². The van der Waals surface area contributed by atoms with Crippen molar-refractivity contribution >= 4 is 23.9 Å². The second kappa shape index (κ2) is 13.5. The molecule has 0 aliphatic carbocycles. The van der Waals surface area contributed by atoms with Gasteiger partial charge in [-0.3, -0.25) is 14.9 Å². The first kappa shape index (κ1) is 31.2. The number of aromatic nitrogens is 3. The standard InChI is InChI=1S/C32H32F2N4O5/c1-18(2)38-26(13-12-24(39)16-25(40)17-27(41)42)28(20-4-8-22(33)9-5-20)29(21-6-10-23(34)11-7-21)30(38)31(43)37-32-35-15-14-19(3)36-32/h4-15,18,24-25,39-40H,16-17H2,1-3H3,(H,41,42)(H,35,36,37,43)/b13-12+/t24-,25-/m1/s1. The summed E-state index contributed by atoms with van der Waals surface area (Å²) in [6.45, 7) is 5.47. The monoisotopic (exact) mass is 590 g/mol. The van der Waals surface area contributed by atoms with Gasteiger partial charge in [-0.2, -0.15) is 0 Å². The summed E-state index contributed by atoms with van der Waals surface area (Å²) in [5.74, 6) is -2.62. The van der Waals surface area contributed by atoms with Gasteiger partial charge in [-0.05, 0) is 68.3 Å². The van der Waals surface area contributed by atoms with Gasteiger partial charge < -0.3 is 19.9 Å². The van der Waals surface area contributed by atoms with Gasteiger partial charge in [0.2, 0.25) is 5.95 Å². The van der Waals surface area contributed by atoms with Gasteiger partial charge >= 0.3 is 5.97 Å². The van der Waals surface area contributed by atoms with E-state index in [0.717, 1.165) is 0 Å². The van der Waals surface area contributed by atoms with E-state index in [1.807, 2.05) is 13.8 Å². The highest BCUT2D eigenvalue weighted by atomic mass is 19.1. The number of carbonyl (C=O) groups excluding carboxylic acids is 1. The van der Waals surface area contributed by atoms with Crippen molar-refractivity contribution in [2.24, 2.45) is 0 Å². The number of rotatable bonds is 11. The molecule has 0 spiro atoms. The Labute approximate surface area is 247 Å². The van der Waals surface area contributed by atoms with Crippen LogP contribution in [0.1, 0.15) is 54.6 Å². The molecule has 2 aromatic heterocycles. The van der Waals surface area contributed by atoms with E-state index in [0.29, 0.717) is 33.6 Å². The minimum atomic E-state index is -1.28. The van der Waals surface area contributed by atoms with Crippen molar-refractivity contribution < 1.29 is 33.7 Å². The van der Waals surface area contributed by atoms with Crippen LogP contribution in [0.4, 0.5) is 14.7 Å². The van der Waals surface area contributed by atoms with E-state index in [4.69, 9.17) is 5.11 Å². The number of nitrogens with zero attached hydrogens (tertiary/aromatic N) is 3. The van der Waals surface area contributed by atoms with E-state index in [2.05, 4.69) is 15.3 Å². The molecule has 0 unspecified atom stereocenters. The largest absolute Gasteiger partial charge is 0.481 e. The Kier molecular flexibility index (Phi) is 9.79. The van der Waals surface area contributed by atoms with Crippen LogP contribution in [0.15, 0.2) is 66.9 Å². The Morgan fingerprint density at radius 1 is 0.953 bits per heavy atom. The fraction of sp³-hybridized carbons (Fsp3) is 0.250. The van der Waals surface area contributed by atoms with Gasteiger partial charge in [0, 0.05) is 41.2 Å².